The van der Waals surface area contributed by atoms with Crippen LogP contribution in [0.1, 0.15) is 6.42 Å². The fraction of sp³-hybridized carbons (Fsp3) is 0.250. The summed E-state index contributed by atoms with van der Waals surface area (Å²) in [6, 6.07) is 0. The maximum Gasteiger partial charge on any atom is 0.0842 e. The summed E-state index contributed by atoms with van der Waals surface area (Å²) >= 11 is 2.11. The van der Waals surface area contributed by atoms with Crippen LogP contribution in [0.4, 0.5) is 0 Å². The number of nitrogens with zero attached hydrogens (tertiary/aromatic N) is 2. The number of halogens is 1. The smallest absolute Gasteiger partial charge is 0.0842 e. The zero-order valence-electron chi connectivity index (χ0n) is 3.71. The fourth-order valence-electron chi connectivity index (χ4n) is 0.372. The lowest BCUT2D eigenvalue weighted by atomic mass is 10.4. The highest BCUT2D eigenvalue weighted by Crippen LogP contribution is 2.03. The topological polar surface area (TPSA) is 15.6 Å². The minimum absolute atomic E-state index is 0.972. The summed E-state index contributed by atoms with van der Waals surface area (Å²) in [6.45, 7) is 0. The third-order valence-corrected chi connectivity index (χ3v) is 1.23. The van der Waals surface area contributed by atoms with Crippen molar-refractivity contribution in [2.45, 2.75) is 6.42 Å². The Labute approximate surface area is 56.4 Å². The van der Waals surface area contributed by atoms with Crippen molar-refractivity contribution in [1.29, 1.82) is 0 Å². The second-order valence-corrected chi connectivity index (χ2v) is 2.20. The van der Waals surface area contributed by atoms with Crippen LogP contribution in [0, 0.1) is 0 Å². The molecule has 1 aliphatic rings. The molecule has 0 atom stereocenters. The summed E-state index contributed by atoms with van der Waals surface area (Å²) < 4.78 is 1.75. The molecule has 0 aliphatic carbocycles. The zero-order chi connectivity index (χ0) is 5.11. The maximum atomic E-state index is 3.94. The average molecular weight is 208 g/mol. The van der Waals surface area contributed by atoms with E-state index < -0.39 is 0 Å². The van der Waals surface area contributed by atoms with Crippen LogP contribution >= 0.6 is 22.9 Å². The van der Waals surface area contributed by atoms with Crippen LogP contribution < -0.4 is 0 Å². The molecular formula is C4H5IN2. The lowest BCUT2D eigenvalue weighted by molar-refractivity contribution is 0.719. The molecule has 2 nitrogen and oxygen atoms in total. The lowest BCUT2D eigenvalue weighted by Crippen LogP contribution is -1.95. The summed E-state index contributed by atoms with van der Waals surface area (Å²) in [5, 5.41) is 3.94. The molecule has 0 fully saturated rings. The van der Waals surface area contributed by atoms with E-state index in [1.807, 2.05) is 12.4 Å². The summed E-state index contributed by atoms with van der Waals surface area (Å²) in [4.78, 5) is 0. The first-order chi connectivity index (χ1) is 3.39. The van der Waals surface area contributed by atoms with E-state index in [1.54, 1.807) is 3.22 Å². The molecule has 3 heteroatoms. The molecular weight excluding hydrogens is 203 g/mol. The molecule has 0 spiro atoms. The number of hydrogen-bond donors (Lipinski definition) is 0. The maximum absolute atomic E-state index is 3.94. The average Bonchev–Trinajstić information content (AvgIpc) is 1.69. The second kappa shape index (κ2) is 2.30. The molecule has 0 radical (unpaired) electrons. The van der Waals surface area contributed by atoms with Gasteiger partial charge in [0.1, 0.15) is 0 Å². The predicted molar refractivity (Wildman–Crippen MR) is 38.1 cm³/mol. The largest absolute Gasteiger partial charge is 0.212 e. The van der Waals surface area contributed by atoms with Crippen molar-refractivity contribution in [1.82, 2.24) is 3.22 Å². The van der Waals surface area contributed by atoms with E-state index >= 15 is 0 Å². The van der Waals surface area contributed by atoms with Gasteiger partial charge in [-0.3, -0.25) is 0 Å². The van der Waals surface area contributed by atoms with Crippen molar-refractivity contribution >= 4 is 29.1 Å². The Balaban J connectivity index is 2.49. The minimum Gasteiger partial charge on any atom is -0.212 e. The molecule has 7 heavy (non-hydrogen) atoms. The van der Waals surface area contributed by atoms with Crippen LogP contribution in [-0.4, -0.2) is 9.44 Å². The minimum atomic E-state index is 0.972. The van der Waals surface area contributed by atoms with Gasteiger partial charge in [0.2, 0.25) is 0 Å². The Hall–Kier alpha value is -0.0600. The molecule has 0 aromatic heterocycles. The Morgan fingerprint density at radius 3 is 2.86 bits per heavy atom. The first kappa shape index (κ1) is 5.08. The van der Waals surface area contributed by atoms with Crippen molar-refractivity contribution in [3.8, 4) is 0 Å². The Kier molecular flexibility index (Phi) is 1.67. The van der Waals surface area contributed by atoms with E-state index in [1.165, 1.54) is 0 Å². The molecule has 38 valence electrons. The number of allylic oxidation sites excluding steroid dienone is 1. The molecule has 1 heterocycles. The number of hydrazone groups is 1. The van der Waals surface area contributed by atoms with Gasteiger partial charge in [0.15, 0.2) is 0 Å². The summed E-state index contributed by atoms with van der Waals surface area (Å²) in [5.74, 6) is 0. The highest BCUT2D eigenvalue weighted by Gasteiger charge is 1.87. The standard InChI is InChI=1S/C4H5IN2/c5-7-4-2-1-3-6-7/h2-4H,1H2. The van der Waals surface area contributed by atoms with E-state index in [0.29, 0.717) is 0 Å². The molecule has 0 N–H and O–H groups in total. The van der Waals surface area contributed by atoms with Gasteiger partial charge in [0, 0.05) is 18.8 Å². The van der Waals surface area contributed by atoms with Crippen molar-refractivity contribution < 1.29 is 0 Å². The van der Waals surface area contributed by atoms with Crippen LogP contribution in [0.25, 0.3) is 0 Å². The second-order valence-electron chi connectivity index (χ2n) is 1.21. The first-order valence-corrected chi connectivity index (χ1v) is 3.00. The van der Waals surface area contributed by atoms with Crippen molar-refractivity contribution in [3.05, 3.63) is 12.3 Å². The molecule has 0 aromatic rings. The lowest BCUT2D eigenvalue weighted by Gasteiger charge is -2.04. The third kappa shape index (κ3) is 1.46. The van der Waals surface area contributed by atoms with Gasteiger partial charge in [-0.25, -0.2) is 3.22 Å². The summed E-state index contributed by atoms with van der Waals surface area (Å²) in [5.41, 5.74) is 0. The van der Waals surface area contributed by atoms with Gasteiger partial charge in [-0.2, -0.15) is 5.10 Å². The monoisotopic (exact) mass is 208 g/mol. The van der Waals surface area contributed by atoms with Crippen LogP contribution in [-0.2, 0) is 0 Å². The third-order valence-electron chi connectivity index (χ3n) is 0.662. The molecule has 0 bridgehead atoms. The normalized spacial score (nSPS) is 18.1. The van der Waals surface area contributed by atoms with E-state index in [-0.39, 0.29) is 0 Å². The molecule has 1 rings (SSSR count). The molecule has 0 amide bonds. The molecule has 0 saturated carbocycles. The van der Waals surface area contributed by atoms with E-state index in [4.69, 9.17) is 0 Å². The van der Waals surface area contributed by atoms with Crippen LogP contribution in [0.3, 0.4) is 0 Å². The van der Waals surface area contributed by atoms with Crippen molar-refractivity contribution in [2.24, 2.45) is 5.10 Å². The van der Waals surface area contributed by atoms with Gasteiger partial charge in [0.05, 0.1) is 22.9 Å². The van der Waals surface area contributed by atoms with Crippen LogP contribution in [0.5, 0.6) is 0 Å². The summed E-state index contributed by atoms with van der Waals surface area (Å²) in [7, 11) is 0. The van der Waals surface area contributed by atoms with Gasteiger partial charge < -0.3 is 0 Å². The van der Waals surface area contributed by atoms with Crippen LogP contribution in [0.2, 0.25) is 0 Å². The number of hydrogen-bond acceptors (Lipinski definition) is 2. The molecule has 0 unspecified atom stereocenters. The molecule has 1 aliphatic heterocycles. The van der Waals surface area contributed by atoms with Gasteiger partial charge in [-0.15, -0.1) is 0 Å². The highest BCUT2D eigenvalue weighted by atomic mass is 127. The Morgan fingerprint density at radius 2 is 2.57 bits per heavy atom. The quantitative estimate of drug-likeness (QED) is 0.435. The molecule has 0 aromatic carbocycles. The van der Waals surface area contributed by atoms with Crippen molar-refractivity contribution in [3.63, 3.8) is 0 Å². The van der Waals surface area contributed by atoms with Gasteiger partial charge in [0.25, 0.3) is 0 Å². The van der Waals surface area contributed by atoms with Crippen LogP contribution in [0.15, 0.2) is 17.4 Å². The van der Waals surface area contributed by atoms with E-state index in [0.717, 1.165) is 6.42 Å². The fourth-order valence-corrected chi connectivity index (χ4v) is 0.776. The van der Waals surface area contributed by atoms with Gasteiger partial charge >= 0.3 is 0 Å². The Bertz CT molecular complexity index is 96.3. The highest BCUT2D eigenvalue weighted by molar-refractivity contribution is 14.1. The predicted octanol–water partition coefficient (Wildman–Crippen LogP) is 1.54. The van der Waals surface area contributed by atoms with E-state index in [2.05, 4.69) is 34.0 Å². The SMILES string of the molecule is IN1C=CCC=N1. The van der Waals surface area contributed by atoms with Gasteiger partial charge in [-0.05, 0) is 0 Å². The van der Waals surface area contributed by atoms with Gasteiger partial charge in [-0.1, -0.05) is 6.08 Å². The number of rotatable bonds is 0. The first-order valence-electron chi connectivity index (χ1n) is 2.04. The zero-order valence-corrected chi connectivity index (χ0v) is 5.87. The van der Waals surface area contributed by atoms with Crippen molar-refractivity contribution in [2.75, 3.05) is 0 Å². The summed E-state index contributed by atoms with van der Waals surface area (Å²) in [6.07, 6.45) is 6.83. The molecule has 0 saturated heterocycles. The Morgan fingerprint density at radius 1 is 1.71 bits per heavy atom. The van der Waals surface area contributed by atoms with E-state index in [9.17, 15) is 0 Å².